The fourth-order valence-electron chi connectivity index (χ4n) is 1.48. The lowest BCUT2D eigenvalue weighted by atomic mass is 9.89. The summed E-state index contributed by atoms with van der Waals surface area (Å²) in [4.78, 5) is 0. The highest BCUT2D eigenvalue weighted by Crippen LogP contribution is 2.50. The van der Waals surface area contributed by atoms with Crippen molar-refractivity contribution in [3.8, 4) is 0 Å². The van der Waals surface area contributed by atoms with Gasteiger partial charge < -0.3 is 0 Å². The van der Waals surface area contributed by atoms with Gasteiger partial charge in [-0.1, -0.05) is 20.8 Å². The highest BCUT2D eigenvalue weighted by Gasteiger charge is 2.44. The van der Waals surface area contributed by atoms with E-state index in [-0.39, 0.29) is 6.67 Å². The predicted molar refractivity (Wildman–Crippen MR) is 37.0 cm³/mol. The molecule has 9 heavy (non-hydrogen) atoms. The first-order chi connectivity index (χ1) is 4.05. The van der Waals surface area contributed by atoms with Crippen molar-refractivity contribution in [1.82, 2.24) is 0 Å². The van der Waals surface area contributed by atoms with Gasteiger partial charge in [-0.2, -0.15) is 0 Å². The van der Waals surface area contributed by atoms with Gasteiger partial charge in [-0.05, 0) is 23.7 Å². The lowest BCUT2D eigenvalue weighted by Gasteiger charge is -2.17. The van der Waals surface area contributed by atoms with Gasteiger partial charge >= 0.3 is 0 Å². The molecule has 0 saturated heterocycles. The Morgan fingerprint density at radius 3 is 2.11 bits per heavy atom. The molecule has 0 aromatic rings. The fraction of sp³-hybridized carbons (Fsp3) is 1.00. The molecule has 0 aromatic carbocycles. The van der Waals surface area contributed by atoms with Crippen molar-refractivity contribution in [1.29, 1.82) is 0 Å². The molecule has 1 fully saturated rings. The molecule has 2 unspecified atom stereocenters. The average Bonchev–Trinajstić information content (AvgIpc) is 2.39. The summed E-state index contributed by atoms with van der Waals surface area (Å²) in [7, 11) is 0. The van der Waals surface area contributed by atoms with E-state index in [1.807, 2.05) is 0 Å². The molecule has 0 heterocycles. The quantitative estimate of drug-likeness (QED) is 0.512. The minimum absolute atomic E-state index is 0.109. The van der Waals surface area contributed by atoms with Gasteiger partial charge in [0, 0.05) is 0 Å². The molecular formula is C8H15F. The van der Waals surface area contributed by atoms with Crippen LogP contribution in [0.2, 0.25) is 0 Å². The highest BCUT2D eigenvalue weighted by atomic mass is 19.1. The molecule has 0 radical (unpaired) electrons. The van der Waals surface area contributed by atoms with E-state index in [2.05, 4.69) is 20.8 Å². The van der Waals surface area contributed by atoms with E-state index < -0.39 is 0 Å². The molecule has 0 bridgehead atoms. The van der Waals surface area contributed by atoms with Crippen molar-refractivity contribution in [2.24, 2.45) is 17.3 Å². The van der Waals surface area contributed by atoms with E-state index in [0.29, 0.717) is 17.3 Å². The molecule has 1 aliphatic carbocycles. The van der Waals surface area contributed by atoms with Gasteiger partial charge in [-0.25, -0.2) is 0 Å². The second-order valence-electron chi connectivity index (χ2n) is 4.12. The van der Waals surface area contributed by atoms with Crippen molar-refractivity contribution in [3.63, 3.8) is 0 Å². The summed E-state index contributed by atoms with van der Waals surface area (Å²) in [5.74, 6) is 1.05. The minimum Gasteiger partial charge on any atom is -0.251 e. The number of alkyl halides is 1. The van der Waals surface area contributed by atoms with Crippen molar-refractivity contribution >= 4 is 0 Å². The molecule has 0 nitrogen and oxygen atoms in total. The van der Waals surface area contributed by atoms with Gasteiger partial charge in [0.1, 0.15) is 0 Å². The summed E-state index contributed by atoms with van der Waals surface area (Å²) >= 11 is 0. The molecule has 0 aromatic heterocycles. The largest absolute Gasteiger partial charge is 0.251 e. The van der Waals surface area contributed by atoms with Crippen LogP contribution in [0.4, 0.5) is 4.39 Å². The maximum absolute atomic E-state index is 12.0. The predicted octanol–water partition coefficient (Wildman–Crippen LogP) is 2.64. The molecule has 1 saturated carbocycles. The van der Waals surface area contributed by atoms with Crippen LogP contribution < -0.4 is 0 Å². The first-order valence-electron chi connectivity index (χ1n) is 3.61. The van der Waals surface area contributed by atoms with Crippen molar-refractivity contribution in [2.75, 3.05) is 6.67 Å². The summed E-state index contributed by atoms with van der Waals surface area (Å²) < 4.78 is 12.0. The molecule has 0 aliphatic heterocycles. The van der Waals surface area contributed by atoms with Gasteiger partial charge in [0.05, 0.1) is 6.67 Å². The second-order valence-corrected chi connectivity index (χ2v) is 4.12. The lowest BCUT2D eigenvalue weighted by Crippen LogP contribution is -2.09. The first kappa shape index (κ1) is 7.04. The highest BCUT2D eigenvalue weighted by molar-refractivity contribution is 4.93. The van der Waals surface area contributed by atoms with Crippen LogP contribution in [-0.2, 0) is 0 Å². The number of hydrogen-bond donors (Lipinski definition) is 0. The van der Waals surface area contributed by atoms with Crippen LogP contribution in [0.1, 0.15) is 27.2 Å². The van der Waals surface area contributed by atoms with E-state index in [0.717, 1.165) is 6.42 Å². The van der Waals surface area contributed by atoms with E-state index >= 15 is 0 Å². The van der Waals surface area contributed by atoms with Gasteiger partial charge in [0.15, 0.2) is 0 Å². The zero-order valence-corrected chi connectivity index (χ0v) is 6.45. The van der Waals surface area contributed by atoms with Gasteiger partial charge in [-0.15, -0.1) is 0 Å². The molecule has 0 amide bonds. The summed E-state index contributed by atoms with van der Waals surface area (Å²) in [6.45, 7) is 6.45. The van der Waals surface area contributed by atoms with Crippen LogP contribution in [0.3, 0.4) is 0 Å². The zero-order chi connectivity index (χ0) is 7.07. The molecule has 1 heteroatoms. The maximum atomic E-state index is 12.0. The first-order valence-corrected chi connectivity index (χ1v) is 3.61. The summed E-state index contributed by atoms with van der Waals surface area (Å²) in [6.07, 6.45) is 1.11. The number of hydrogen-bond acceptors (Lipinski definition) is 0. The van der Waals surface area contributed by atoms with Crippen LogP contribution in [0.15, 0.2) is 0 Å². The Labute approximate surface area is 56.5 Å². The minimum atomic E-state index is -0.109. The standard InChI is InChI=1S/C8H15F/c1-8(2,3)7-4-6(7)5-9/h6-7H,4-5H2,1-3H3. The van der Waals surface area contributed by atoms with E-state index in [1.165, 1.54) is 0 Å². The summed E-state index contributed by atoms with van der Waals surface area (Å²) in [5.41, 5.74) is 0.344. The molecule has 1 rings (SSSR count). The molecule has 0 N–H and O–H groups in total. The van der Waals surface area contributed by atoms with Gasteiger partial charge in [0.2, 0.25) is 0 Å². The average molecular weight is 130 g/mol. The monoisotopic (exact) mass is 130 g/mol. The molecule has 54 valence electrons. The third-order valence-corrected chi connectivity index (χ3v) is 2.23. The lowest BCUT2D eigenvalue weighted by molar-refractivity contribution is 0.308. The Balaban J connectivity index is 2.33. The van der Waals surface area contributed by atoms with Crippen LogP contribution in [0.5, 0.6) is 0 Å². The summed E-state index contributed by atoms with van der Waals surface area (Å²) in [5, 5.41) is 0. The third kappa shape index (κ3) is 1.44. The Bertz CT molecular complexity index is 102. The topological polar surface area (TPSA) is 0 Å². The van der Waals surface area contributed by atoms with Crippen molar-refractivity contribution in [2.45, 2.75) is 27.2 Å². The van der Waals surface area contributed by atoms with Crippen LogP contribution in [0, 0.1) is 17.3 Å². The molecule has 2 atom stereocenters. The zero-order valence-electron chi connectivity index (χ0n) is 6.45. The smallest absolute Gasteiger partial charge is 0.0925 e. The van der Waals surface area contributed by atoms with Gasteiger partial charge in [0.25, 0.3) is 0 Å². The van der Waals surface area contributed by atoms with Crippen molar-refractivity contribution < 1.29 is 4.39 Å². The molecule has 1 aliphatic rings. The third-order valence-electron chi connectivity index (χ3n) is 2.23. The fourth-order valence-corrected chi connectivity index (χ4v) is 1.48. The SMILES string of the molecule is CC(C)(C)C1CC1CF. The Morgan fingerprint density at radius 2 is 2.00 bits per heavy atom. The molecular weight excluding hydrogens is 115 g/mol. The molecule has 0 spiro atoms. The number of rotatable bonds is 1. The number of halogens is 1. The Hall–Kier alpha value is -0.0700. The van der Waals surface area contributed by atoms with Crippen molar-refractivity contribution in [3.05, 3.63) is 0 Å². The second kappa shape index (κ2) is 1.96. The van der Waals surface area contributed by atoms with E-state index in [4.69, 9.17) is 0 Å². The normalized spacial score (nSPS) is 34.7. The van der Waals surface area contributed by atoms with Crippen LogP contribution >= 0.6 is 0 Å². The maximum Gasteiger partial charge on any atom is 0.0925 e. The van der Waals surface area contributed by atoms with Crippen LogP contribution in [-0.4, -0.2) is 6.67 Å². The Morgan fingerprint density at radius 1 is 1.44 bits per heavy atom. The van der Waals surface area contributed by atoms with E-state index in [9.17, 15) is 4.39 Å². The van der Waals surface area contributed by atoms with Gasteiger partial charge in [-0.3, -0.25) is 4.39 Å². The summed E-state index contributed by atoms with van der Waals surface area (Å²) in [6, 6.07) is 0. The Kier molecular flexibility index (Phi) is 1.54. The van der Waals surface area contributed by atoms with Crippen LogP contribution in [0.25, 0.3) is 0 Å². The van der Waals surface area contributed by atoms with E-state index in [1.54, 1.807) is 0 Å².